The first-order valence-corrected chi connectivity index (χ1v) is 10.6. The molecule has 5 heteroatoms. The van der Waals surface area contributed by atoms with Crippen LogP contribution in [0.15, 0.2) is 41.3 Å². The molecule has 2 aromatic rings. The first-order chi connectivity index (χ1) is 13.3. The predicted molar refractivity (Wildman–Crippen MR) is 111 cm³/mol. The summed E-state index contributed by atoms with van der Waals surface area (Å²) in [4.78, 5) is 12.5. The lowest BCUT2D eigenvalue weighted by Gasteiger charge is -2.30. The van der Waals surface area contributed by atoms with E-state index >= 15 is 0 Å². The summed E-state index contributed by atoms with van der Waals surface area (Å²) in [5, 5.41) is 9.44. The van der Waals surface area contributed by atoms with Crippen molar-refractivity contribution >= 4 is 29.0 Å². The quantitative estimate of drug-likeness (QED) is 0.588. The van der Waals surface area contributed by atoms with Gasteiger partial charge in [0.15, 0.2) is 0 Å². The minimum absolute atomic E-state index is 0.0524. The zero-order chi connectivity index (χ0) is 19.1. The average Bonchev–Trinajstić information content (AvgIpc) is 3.23. The van der Waals surface area contributed by atoms with E-state index in [-0.39, 0.29) is 6.04 Å². The van der Waals surface area contributed by atoms with E-state index in [1.807, 2.05) is 0 Å². The van der Waals surface area contributed by atoms with Gasteiger partial charge in [-0.25, -0.2) is 4.31 Å². The molecule has 1 saturated carbocycles. The molecule has 2 aromatic carbocycles. The van der Waals surface area contributed by atoms with Crippen LogP contribution in [0.4, 0.5) is 0 Å². The van der Waals surface area contributed by atoms with Gasteiger partial charge in [0.05, 0.1) is 12.1 Å². The summed E-state index contributed by atoms with van der Waals surface area (Å²) in [6.07, 6.45) is 9.74. The molecule has 1 aliphatic carbocycles. The fraction of sp³-hybridized carbons (Fsp3) is 0.500. The number of benzene rings is 2. The van der Waals surface area contributed by atoms with Crippen molar-refractivity contribution in [3.05, 3.63) is 36.4 Å². The molecule has 1 atom stereocenters. The Bertz CT molecular complexity index is 745. The number of carbonyl (C=O) groups excluding carboxylic acids is 1. The number of aliphatic hydroxyl groups is 1. The van der Waals surface area contributed by atoms with Crippen LogP contribution in [-0.4, -0.2) is 41.5 Å². The molecule has 0 amide bonds. The Balaban J connectivity index is 0.00000102. The molecule has 1 aliphatic heterocycles. The predicted octanol–water partition coefficient (Wildman–Crippen LogP) is 4.83. The van der Waals surface area contributed by atoms with Crippen LogP contribution in [-0.2, 0) is 4.79 Å². The number of piperidine rings is 1. The van der Waals surface area contributed by atoms with Crippen molar-refractivity contribution in [3.8, 4) is 5.75 Å². The summed E-state index contributed by atoms with van der Waals surface area (Å²) in [7, 11) is 1.00. The second-order valence-corrected chi connectivity index (χ2v) is 8.25. The van der Waals surface area contributed by atoms with Crippen molar-refractivity contribution in [2.24, 2.45) is 0 Å². The first-order valence-electron chi connectivity index (χ1n) is 9.87. The molecule has 1 unspecified atom stereocenters. The minimum Gasteiger partial charge on any atom is -0.490 e. The van der Waals surface area contributed by atoms with E-state index in [0.717, 1.165) is 38.5 Å². The van der Waals surface area contributed by atoms with Gasteiger partial charge in [0.1, 0.15) is 12.0 Å². The highest BCUT2D eigenvalue weighted by atomic mass is 32.2. The largest absolute Gasteiger partial charge is 0.490 e. The van der Waals surface area contributed by atoms with Gasteiger partial charge in [0, 0.05) is 18.6 Å². The number of aldehydes is 1. The van der Waals surface area contributed by atoms with Gasteiger partial charge in [-0.3, -0.25) is 0 Å². The fourth-order valence-electron chi connectivity index (χ4n) is 3.85. The van der Waals surface area contributed by atoms with E-state index < -0.39 is 0 Å². The molecule has 4 nitrogen and oxygen atoms in total. The van der Waals surface area contributed by atoms with Gasteiger partial charge in [-0.15, -0.1) is 0 Å². The van der Waals surface area contributed by atoms with Gasteiger partial charge < -0.3 is 14.6 Å². The third kappa shape index (κ3) is 5.24. The van der Waals surface area contributed by atoms with Crippen LogP contribution in [0.5, 0.6) is 5.75 Å². The van der Waals surface area contributed by atoms with Crippen LogP contribution in [0.3, 0.4) is 0 Å². The molecule has 27 heavy (non-hydrogen) atoms. The van der Waals surface area contributed by atoms with Crippen molar-refractivity contribution in [1.29, 1.82) is 0 Å². The second kappa shape index (κ2) is 10.1. The summed E-state index contributed by atoms with van der Waals surface area (Å²) in [5.41, 5.74) is 0. The molecule has 0 bridgehead atoms. The van der Waals surface area contributed by atoms with Crippen LogP contribution in [0.1, 0.15) is 44.9 Å². The molecule has 1 N–H and O–H groups in total. The van der Waals surface area contributed by atoms with E-state index in [0.29, 0.717) is 6.10 Å². The molecular weight excluding hydrogens is 358 g/mol. The Labute approximate surface area is 166 Å². The van der Waals surface area contributed by atoms with Crippen molar-refractivity contribution in [2.45, 2.75) is 62.0 Å². The van der Waals surface area contributed by atoms with Crippen LogP contribution >= 0.6 is 11.9 Å². The maximum atomic E-state index is 11.3. The van der Waals surface area contributed by atoms with Gasteiger partial charge >= 0.3 is 0 Å². The van der Waals surface area contributed by atoms with Crippen LogP contribution in [0.25, 0.3) is 10.8 Å². The standard InChI is InChI=1S/C21H25NO2S.CH4O/c23-15-18-5-3-4-12-22(18)25-21-11-9-16-13-20(10-8-17(16)14-21)24-19-6-1-2-7-19;1-2/h8-11,13-15,18-19H,1-7,12H2;2H,1H3. The molecule has 0 aromatic heterocycles. The zero-order valence-electron chi connectivity index (χ0n) is 16.0. The summed E-state index contributed by atoms with van der Waals surface area (Å²) in [6, 6.07) is 13.0. The number of hydrogen-bond donors (Lipinski definition) is 1. The highest BCUT2D eigenvalue weighted by Gasteiger charge is 2.22. The molecule has 2 aliphatic rings. The molecule has 146 valence electrons. The summed E-state index contributed by atoms with van der Waals surface area (Å²) in [5.74, 6) is 0.983. The molecule has 0 radical (unpaired) electrons. The van der Waals surface area contributed by atoms with Gasteiger partial charge in [-0.2, -0.15) is 0 Å². The second-order valence-electron chi connectivity index (χ2n) is 7.13. The minimum atomic E-state index is 0.0524. The lowest BCUT2D eigenvalue weighted by molar-refractivity contribution is -0.111. The van der Waals surface area contributed by atoms with Crippen LogP contribution < -0.4 is 4.74 Å². The Morgan fingerprint density at radius 1 is 1.00 bits per heavy atom. The van der Waals surface area contributed by atoms with Crippen molar-refractivity contribution in [3.63, 3.8) is 0 Å². The Morgan fingerprint density at radius 2 is 1.70 bits per heavy atom. The van der Waals surface area contributed by atoms with E-state index in [4.69, 9.17) is 9.84 Å². The summed E-state index contributed by atoms with van der Waals surface area (Å²) in [6.45, 7) is 0.986. The Hall–Kier alpha value is -1.56. The molecular formula is C22H29NO3S. The molecule has 1 saturated heterocycles. The highest BCUT2D eigenvalue weighted by molar-refractivity contribution is 7.97. The fourth-order valence-corrected chi connectivity index (χ4v) is 4.94. The van der Waals surface area contributed by atoms with E-state index in [1.165, 1.54) is 47.8 Å². The van der Waals surface area contributed by atoms with E-state index in [9.17, 15) is 4.79 Å². The SMILES string of the molecule is CO.O=CC1CCCCN1Sc1ccc2cc(OC3CCCC3)ccc2c1. The number of rotatable bonds is 5. The highest BCUT2D eigenvalue weighted by Crippen LogP contribution is 2.33. The first kappa shape index (κ1) is 20.2. The normalized spacial score (nSPS) is 20.9. The average molecular weight is 388 g/mol. The van der Waals surface area contributed by atoms with Crippen molar-refractivity contribution in [1.82, 2.24) is 4.31 Å². The number of nitrogens with zero attached hydrogens (tertiary/aromatic N) is 1. The monoisotopic (exact) mass is 387 g/mol. The number of carbonyl (C=O) groups is 1. The number of ether oxygens (including phenoxy) is 1. The lowest BCUT2D eigenvalue weighted by atomic mass is 10.1. The van der Waals surface area contributed by atoms with Gasteiger partial charge in [-0.1, -0.05) is 18.6 Å². The maximum Gasteiger partial charge on any atom is 0.138 e. The number of aliphatic hydroxyl groups excluding tert-OH is 1. The number of hydrogen-bond acceptors (Lipinski definition) is 5. The lowest BCUT2D eigenvalue weighted by Crippen LogP contribution is -2.35. The smallest absolute Gasteiger partial charge is 0.138 e. The van der Waals surface area contributed by atoms with Gasteiger partial charge in [0.2, 0.25) is 0 Å². The van der Waals surface area contributed by atoms with Crippen LogP contribution in [0.2, 0.25) is 0 Å². The Morgan fingerprint density at radius 3 is 2.48 bits per heavy atom. The third-order valence-corrected chi connectivity index (χ3v) is 6.42. The summed E-state index contributed by atoms with van der Waals surface area (Å²) < 4.78 is 8.34. The summed E-state index contributed by atoms with van der Waals surface area (Å²) >= 11 is 1.71. The Kier molecular flexibility index (Phi) is 7.56. The van der Waals surface area contributed by atoms with Gasteiger partial charge in [0.25, 0.3) is 0 Å². The van der Waals surface area contributed by atoms with Crippen molar-refractivity contribution in [2.75, 3.05) is 13.7 Å². The molecule has 0 spiro atoms. The van der Waals surface area contributed by atoms with E-state index in [1.54, 1.807) is 11.9 Å². The molecule has 4 rings (SSSR count). The van der Waals surface area contributed by atoms with Gasteiger partial charge in [-0.05, 0) is 85.5 Å². The number of fused-ring (bicyclic) bond motifs is 1. The third-order valence-electron chi connectivity index (χ3n) is 5.27. The topological polar surface area (TPSA) is 49.8 Å². The van der Waals surface area contributed by atoms with Crippen molar-refractivity contribution < 1.29 is 14.6 Å². The molecule has 2 fully saturated rings. The van der Waals surface area contributed by atoms with Crippen LogP contribution in [0, 0.1) is 0 Å². The zero-order valence-corrected chi connectivity index (χ0v) is 16.8. The van der Waals surface area contributed by atoms with E-state index in [2.05, 4.69) is 40.7 Å². The maximum absolute atomic E-state index is 11.3. The molecule has 1 heterocycles.